The summed E-state index contributed by atoms with van der Waals surface area (Å²) in [6, 6.07) is 2.48. The second-order valence-electron chi connectivity index (χ2n) is 2.14. The highest BCUT2D eigenvalue weighted by molar-refractivity contribution is 5.41. The van der Waals surface area contributed by atoms with Crippen LogP contribution in [0.15, 0.2) is 18.3 Å². The van der Waals surface area contributed by atoms with Gasteiger partial charge in [0, 0.05) is 18.0 Å². The van der Waals surface area contributed by atoms with Crippen LogP contribution in [0.1, 0.15) is 0 Å². The Kier molecular flexibility index (Phi) is 2.90. The lowest BCUT2D eigenvalue weighted by molar-refractivity contribution is 0.163. The first-order valence-corrected chi connectivity index (χ1v) is 3.32. The van der Waals surface area contributed by atoms with Gasteiger partial charge in [-0.1, -0.05) is 0 Å². The van der Waals surface area contributed by atoms with Crippen molar-refractivity contribution in [2.45, 2.75) is 6.43 Å². The van der Waals surface area contributed by atoms with Crippen LogP contribution in [0, 0.1) is 5.95 Å². The van der Waals surface area contributed by atoms with Crippen molar-refractivity contribution >= 4 is 5.69 Å². The number of nitrogens with one attached hydrogen (secondary N) is 1. The molecule has 0 saturated heterocycles. The Morgan fingerprint density at radius 1 is 1.50 bits per heavy atom. The summed E-state index contributed by atoms with van der Waals surface area (Å²) < 4.78 is 35.7. The standard InChI is InChI=1S/C7H7F3N2/c8-6(9)4-12-5-1-2-11-7(10)3-5/h1-3,6H,4H2,(H,11,12). The lowest BCUT2D eigenvalue weighted by Crippen LogP contribution is -2.10. The molecule has 1 N–H and O–H groups in total. The Balaban J connectivity index is 2.52. The minimum absolute atomic E-state index is 0.308. The largest absolute Gasteiger partial charge is 0.379 e. The normalized spacial score (nSPS) is 10.3. The quantitative estimate of drug-likeness (QED) is 0.711. The van der Waals surface area contributed by atoms with Gasteiger partial charge in [-0.25, -0.2) is 13.8 Å². The number of aromatic nitrogens is 1. The Morgan fingerprint density at radius 2 is 2.25 bits per heavy atom. The third kappa shape index (κ3) is 2.77. The molecule has 0 aliphatic heterocycles. The molecule has 0 aliphatic rings. The maximum atomic E-state index is 12.4. The average molecular weight is 176 g/mol. The highest BCUT2D eigenvalue weighted by Crippen LogP contribution is 2.06. The molecule has 5 heteroatoms. The molecular weight excluding hydrogens is 169 g/mol. The number of hydrogen-bond donors (Lipinski definition) is 1. The van der Waals surface area contributed by atoms with E-state index >= 15 is 0 Å². The molecule has 1 aromatic heterocycles. The summed E-state index contributed by atoms with van der Waals surface area (Å²) in [5.41, 5.74) is 0.308. The molecule has 0 amide bonds. The molecule has 0 unspecified atom stereocenters. The van der Waals surface area contributed by atoms with Gasteiger partial charge >= 0.3 is 0 Å². The molecule has 0 atom stereocenters. The zero-order valence-electron chi connectivity index (χ0n) is 6.10. The van der Waals surface area contributed by atoms with Gasteiger partial charge in [0.15, 0.2) is 0 Å². The number of hydrogen-bond acceptors (Lipinski definition) is 2. The van der Waals surface area contributed by atoms with Crippen molar-refractivity contribution in [1.29, 1.82) is 0 Å². The summed E-state index contributed by atoms with van der Waals surface area (Å²) in [4.78, 5) is 3.27. The molecule has 1 rings (SSSR count). The zero-order chi connectivity index (χ0) is 8.97. The number of anilines is 1. The molecular formula is C7H7F3N2. The number of alkyl halides is 2. The second kappa shape index (κ2) is 3.94. The van der Waals surface area contributed by atoms with Crippen molar-refractivity contribution in [3.63, 3.8) is 0 Å². The topological polar surface area (TPSA) is 24.9 Å². The summed E-state index contributed by atoms with van der Waals surface area (Å²) in [7, 11) is 0. The Hall–Kier alpha value is -1.26. The number of rotatable bonds is 3. The molecule has 1 heterocycles. The third-order valence-corrected chi connectivity index (χ3v) is 1.19. The van der Waals surface area contributed by atoms with Crippen molar-refractivity contribution in [1.82, 2.24) is 4.98 Å². The van der Waals surface area contributed by atoms with Gasteiger partial charge in [0.1, 0.15) is 0 Å². The molecule has 12 heavy (non-hydrogen) atoms. The first kappa shape index (κ1) is 8.83. The fraction of sp³-hybridized carbons (Fsp3) is 0.286. The fourth-order valence-corrected chi connectivity index (χ4v) is 0.707. The number of halogens is 3. The summed E-state index contributed by atoms with van der Waals surface area (Å²) in [6.45, 7) is -0.483. The van der Waals surface area contributed by atoms with Crippen LogP contribution >= 0.6 is 0 Å². The van der Waals surface area contributed by atoms with E-state index < -0.39 is 18.9 Å². The first-order chi connectivity index (χ1) is 5.68. The molecule has 0 spiro atoms. The van der Waals surface area contributed by atoms with E-state index in [1.807, 2.05) is 0 Å². The van der Waals surface area contributed by atoms with E-state index in [-0.39, 0.29) is 0 Å². The van der Waals surface area contributed by atoms with Crippen molar-refractivity contribution in [3.8, 4) is 0 Å². The number of nitrogens with zero attached hydrogens (tertiary/aromatic N) is 1. The van der Waals surface area contributed by atoms with Crippen LogP contribution in [0.3, 0.4) is 0 Å². The maximum absolute atomic E-state index is 12.4. The molecule has 66 valence electrons. The van der Waals surface area contributed by atoms with E-state index in [1.54, 1.807) is 0 Å². The van der Waals surface area contributed by atoms with Crippen LogP contribution in [-0.2, 0) is 0 Å². The van der Waals surface area contributed by atoms with Gasteiger partial charge < -0.3 is 5.32 Å². The van der Waals surface area contributed by atoms with Crippen molar-refractivity contribution in [2.75, 3.05) is 11.9 Å². The Labute approximate surface area is 67.4 Å². The van der Waals surface area contributed by atoms with Crippen molar-refractivity contribution in [3.05, 3.63) is 24.3 Å². The van der Waals surface area contributed by atoms with Gasteiger partial charge in [-0.15, -0.1) is 0 Å². The van der Waals surface area contributed by atoms with Crippen molar-refractivity contribution in [2.24, 2.45) is 0 Å². The monoisotopic (exact) mass is 176 g/mol. The highest BCUT2D eigenvalue weighted by atomic mass is 19.3. The van der Waals surface area contributed by atoms with E-state index in [1.165, 1.54) is 12.3 Å². The first-order valence-electron chi connectivity index (χ1n) is 3.32. The minimum Gasteiger partial charge on any atom is -0.379 e. The van der Waals surface area contributed by atoms with Crippen molar-refractivity contribution < 1.29 is 13.2 Å². The smallest absolute Gasteiger partial charge is 0.255 e. The summed E-state index contributed by atoms with van der Waals surface area (Å²) in [6.07, 6.45) is -1.23. The van der Waals surface area contributed by atoms with E-state index in [0.29, 0.717) is 5.69 Å². The lowest BCUT2D eigenvalue weighted by atomic mass is 10.4. The third-order valence-electron chi connectivity index (χ3n) is 1.19. The van der Waals surface area contributed by atoms with Gasteiger partial charge in [-0.3, -0.25) is 0 Å². The predicted molar refractivity (Wildman–Crippen MR) is 38.7 cm³/mol. The predicted octanol–water partition coefficient (Wildman–Crippen LogP) is 1.90. The van der Waals surface area contributed by atoms with E-state index in [2.05, 4.69) is 10.3 Å². The summed E-state index contributed by atoms with van der Waals surface area (Å²) in [5.74, 6) is -0.686. The van der Waals surface area contributed by atoms with Gasteiger partial charge in [0.05, 0.1) is 6.54 Å². The zero-order valence-corrected chi connectivity index (χ0v) is 6.10. The van der Waals surface area contributed by atoms with Gasteiger partial charge in [0.2, 0.25) is 5.95 Å². The number of pyridine rings is 1. The minimum atomic E-state index is -2.44. The summed E-state index contributed by atoms with van der Waals surface area (Å²) in [5, 5.41) is 2.35. The molecule has 0 saturated carbocycles. The van der Waals surface area contributed by atoms with E-state index in [4.69, 9.17) is 0 Å². The molecule has 0 aromatic carbocycles. The van der Waals surface area contributed by atoms with Gasteiger partial charge in [-0.05, 0) is 6.07 Å². The van der Waals surface area contributed by atoms with Crippen LogP contribution in [0.5, 0.6) is 0 Å². The molecule has 2 nitrogen and oxygen atoms in total. The second-order valence-corrected chi connectivity index (χ2v) is 2.14. The van der Waals surface area contributed by atoms with Crippen LogP contribution in [0.4, 0.5) is 18.9 Å². The average Bonchev–Trinajstić information content (AvgIpc) is 2.01. The molecule has 0 fully saturated rings. The molecule has 1 aromatic rings. The highest BCUT2D eigenvalue weighted by Gasteiger charge is 2.01. The van der Waals surface area contributed by atoms with Crippen LogP contribution in [0.2, 0.25) is 0 Å². The van der Waals surface area contributed by atoms with Crippen LogP contribution in [0.25, 0.3) is 0 Å². The molecule has 0 bridgehead atoms. The molecule has 0 radical (unpaired) electrons. The summed E-state index contributed by atoms with van der Waals surface area (Å²) >= 11 is 0. The van der Waals surface area contributed by atoms with Gasteiger partial charge in [-0.2, -0.15) is 4.39 Å². The molecule has 0 aliphatic carbocycles. The SMILES string of the molecule is Fc1cc(NCC(F)F)ccn1. The van der Waals surface area contributed by atoms with Gasteiger partial charge in [0.25, 0.3) is 6.43 Å². The van der Waals surface area contributed by atoms with E-state index in [0.717, 1.165) is 6.07 Å². The maximum Gasteiger partial charge on any atom is 0.255 e. The van der Waals surface area contributed by atoms with Crippen LogP contribution < -0.4 is 5.32 Å². The Bertz CT molecular complexity index is 252. The Morgan fingerprint density at radius 3 is 2.83 bits per heavy atom. The van der Waals surface area contributed by atoms with E-state index in [9.17, 15) is 13.2 Å². The fourth-order valence-electron chi connectivity index (χ4n) is 0.707. The lowest BCUT2D eigenvalue weighted by Gasteiger charge is -2.03. The van der Waals surface area contributed by atoms with Crippen LogP contribution in [-0.4, -0.2) is 18.0 Å².